The fraction of sp³-hybridized carbons (Fsp3) is 0.346. The number of benzene rings is 2. The SMILES string of the molecule is Cc1noc(C)c1NC(=O)N[C@@H]1CC[C@@H](CC(=O)Nc2ccc(-c3ccccc3)cc2)O[C@@H]1CO. The number of aryl methyl sites for hydroxylation is 2. The van der Waals surface area contributed by atoms with Gasteiger partial charge in [0.15, 0.2) is 5.76 Å². The van der Waals surface area contributed by atoms with E-state index in [1.165, 1.54) is 0 Å². The molecule has 4 N–H and O–H groups in total. The first-order valence-electron chi connectivity index (χ1n) is 11.6. The van der Waals surface area contributed by atoms with E-state index in [0.717, 1.165) is 11.1 Å². The number of ether oxygens (including phenoxy) is 1. The summed E-state index contributed by atoms with van der Waals surface area (Å²) in [5.41, 5.74) is 3.99. The van der Waals surface area contributed by atoms with Crippen LogP contribution in [0.1, 0.15) is 30.7 Å². The van der Waals surface area contributed by atoms with Crippen molar-refractivity contribution < 1.29 is 24.0 Å². The highest BCUT2D eigenvalue weighted by molar-refractivity contribution is 5.91. The maximum Gasteiger partial charge on any atom is 0.319 e. The average molecular weight is 479 g/mol. The summed E-state index contributed by atoms with van der Waals surface area (Å²) in [6, 6.07) is 16.9. The minimum absolute atomic E-state index is 0.162. The van der Waals surface area contributed by atoms with Crippen LogP contribution in [0.15, 0.2) is 59.1 Å². The monoisotopic (exact) mass is 478 g/mol. The topological polar surface area (TPSA) is 126 Å². The molecule has 3 aromatic rings. The molecule has 4 rings (SSSR count). The Morgan fingerprint density at radius 3 is 2.37 bits per heavy atom. The van der Waals surface area contributed by atoms with E-state index in [2.05, 4.69) is 21.1 Å². The lowest BCUT2D eigenvalue weighted by atomic mass is 9.97. The number of nitrogens with one attached hydrogen (secondary N) is 3. The van der Waals surface area contributed by atoms with Gasteiger partial charge in [0, 0.05) is 5.69 Å². The van der Waals surface area contributed by atoms with Gasteiger partial charge in [-0.2, -0.15) is 0 Å². The zero-order valence-electron chi connectivity index (χ0n) is 19.8. The van der Waals surface area contributed by atoms with E-state index in [-0.39, 0.29) is 31.1 Å². The second kappa shape index (κ2) is 11.2. The summed E-state index contributed by atoms with van der Waals surface area (Å²) in [6.45, 7) is 3.18. The van der Waals surface area contributed by atoms with Crippen LogP contribution in [0, 0.1) is 13.8 Å². The van der Waals surface area contributed by atoms with Crippen molar-refractivity contribution in [3.8, 4) is 11.1 Å². The first kappa shape index (κ1) is 24.4. The lowest BCUT2D eigenvalue weighted by Crippen LogP contribution is -2.52. The van der Waals surface area contributed by atoms with Crippen molar-refractivity contribution in [2.75, 3.05) is 17.2 Å². The molecule has 0 aliphatic carbocycles. The van der Waals surface area contributed by atoms with Crippen LogP contribution >= 0.6 is 0 Å². The number of carbonyl (C=O) groups excluding carboxylic acids is 2. The van der Waals surface area contributed by atoms with E-state index in [0.29, 0.717) is 35.7 Å². The molecule has 0 spiro atoms. The first-order valence-corrected chi connectivity index (χ1v) is 11.6. The third-order valence-electron chi connectivity index (χ3n) is 6.07. The van der Waals surface area contributed by atoms with Crippen LogP contribution in [0.3, 0.4) is 0 Å². The maximum absolute atomic E-state index is 12.6. The molecule has 3 amide bonds. The molecule has 3 atom stereocenters. The number of aliphatic hydroxyl groups is 1. The Hall–Kier alpha value is -3.69. The Labute approximate surface area is 203 Å². The van der Waals surface area contributed by atoms with Crippen molar-refractivity contribution in [1.82, 2.24) is 10.5 Å². The van der Waals surface area contributed by atoms with Crippen LogP contribution in [0.25, 0.3) is 11.1 Å². The highest BCUT2D eigenvalue weighted by atomic mass is 16.5. The minimum atomic E-state index is -0.609. The van der Waals surface area contributed by atoms with Crippen molar-refractivity contribution >= 4 is 23.3 Å². The number of aliphatic hydroxyl groups excluding tert-OH is 1. The molecule has 9 heteroatoms. The second-order valence-electron chi connectivity index (χ2n) is 8.66. The van der Waals surface area contributed by atoms with Crippen LogP contribution in [0.2, 0.25) is 0 Å². The van der Waals surface area contributed by atoms with Crippen LogP contribution in [0.4, 0.5) is 16.2 Å². The average Bonchev–Trinajstić information content (AvgIpc) is 3.18. The van der Waals surface area contributed by atoms with Crippen LogP contribution in [0.5, 0.6) is 0 Å². The van der Waals surface area contributed by atoms with Gasteiger partial charge in [0.1, 0.15) is 17.5 Å². The summed E-state index contributed by atoms with van der Waals surface area (Å²) in [6.07, 6.45) is 0.355. The largest absolute Gasteiger partial charge is 0.394 e. The Kier molecular flexibility index (Phi) is 7.79. The van der Waals surface area contributed by atoms with E-state index >= 15 is 0 Å². The first-order chi connectivity index (χ1) is 16.9. The Morgan fingerprint density at radius 1 is 1.00 bits per heavy atom. The molecule has 0 unspecified atom stereocenters. The number of rotatable bonds is 7. The van der Waals surface area contributed by atoms with Gasteiger partial charge >= 0.3 is 6.03 Å². The highest BCUT2D eigenvalue weighted by Gasteiger charge is 2.33. The molecule has 1 aliphatic rings. The van der Waals surface area contributed by atoms with Gasteiger partial charge in [-0.25, -0.2) is 4.79 Å². The van der Waals surface area contributed by atoms with Gasteiger partial charge in [-0.1, -0.05) is 47.6 Å². The number of hydrogen-bond donors (Lipinski definition) is 4. The summed E-state index contributed by atoms with van der Waals surface area (Å²) >= 11 is 0. The van der Waals surface area contributed by atoms with Gasteiger partial charge in [-0.05, 0) is 49.9 Å². The predicted molar refractivity (Wildman–Crippen MR) is 132 cm³/mol. The maximum atomic E-state index is 12.6. The number of amides is 3. The number of carbonyl (C=O) groups is 2. The van der Waals surface area contributed by atoms with E-state index < -0.39 is 12.1 Å². The predicted octanol–water partition coefficient (Wildman–Crippen LogP) is 4.02. The van der Waals surface area contributed by atoms with Gasteiger partial charge in [-0.3, -0.25) is 4.79 Å². The van der Waals surface area contributed by atoms with Crippen molar-refractivity contribution in [2.24, 2.45) is 0 Å². The summed E-state index contributed by atoms with van der Waals surface area (Å²) in [4.78, 5) is 25.0. The number of anilines is 2. The van der Waals surface area contributed by atoms with Crippen LogP contribution < -0.4 is 16.0 Å². The molecule has 1 saturated heterocycles. The molecule has 184 valence electrons. The van der Waals surface area contributed by atoms with Gasteiger partial charge in [0.25, 0.3) is 0 Å². The van der Waals surface area contributed by atoms with Gasteiger partial charge in [0.05, 0.1) is 25.2 Å². The normalized spacial score (nSPS) is 19.7. The highest BCUT2D eigenvalue weighted by Crippen LogP contribution is 2.25. The number of nitrogens with zero attached hydrogens (tertiary/aromatic N) is 1. The Morgan fingerprint density at radius 2 is 1.71 bits per heavy atom. The van der Waals surface area contributed by atoms with Crippen molar-refractivity contribution in [2.45, 2.75) is 51.4 Å². The molecule has 1 aromatic heterocycles. The van der Waals surface area contributed by atoms with E-state index in [1.807, 2.05) is 54.6 Å². The molecule has 0 saturated carbocycles. The number of urea groups is 1. The van der Waals surface area contributed by atoms with Crippen LogP contribution in [-0.4, -0.2) is 47.1 Å². The van der Waals surface area contributed by atoms with Crippen molar-refractivity contribution in [3.05, 3.63) is 66.1 Å². The smallest absolute Gasteiger partial charge is 0.319 e. The number of aromatic nitrogens is 1. The molecule has 35 heavy (non-hydrogen) atoms. The molecular formula is C26H30N4O5. The van der Waals surface area contributed by atoms with Crippen molar-refractivity contribution in [3.63, 3.8) is 0 Å². The summed E-state index contributed by atoms with van der Waals surface area (Å²) in [5, 5.41) is 22.1. The van der Waals surface area contributed by atoms with E-state index in [4.69, 9.17) is 9.26 Å². The molecule has 0 radical (unpaired) electrons. The standard InChI is InChI=1S/C26H30N4O5/c1-16-25(17(2)35-30-16)29-26(33)28-22-13-12-21(34-23(22)15-31)14-24(32)27-20-10-8-19(9-11-20)18-6-4-3-5-7-18/h3-11,21-23,31H,12-15H2,1-2H3,(H,27,32)(H2,28,29,33)/t21-,22+,23+/m0/s1. The van der Waals surface area contributed by atoms with E-state index in [1.54, 1.807) is 13.8 Å². The lowest BCUT2D eigenvalue weighted by Gasteiger charge is -2.35. The second-order valence-corrected chi connectivity index (χ2v) is 8.66. The molecule has 1 fully saturated rings. The van der Waals surface area contributed by atoms with Gasteiger partial charge in [0.2, 0.25) is 5.91 Å². The quantitative estimate of drug-likeness (QED) is 0.406. The molecule has 1 aliphatic heterocycles. The van der Waals surface area contributed by atoms with Crippen LogP contribution in [-0.2, 0) is 9.53 Å². The summed E-state index contributed by atoms with van der Waals surface area (Å²) in [7, 11) is 0. The number of hydrogen-bond acceptors (Lipinski definition) is 6. The van der Waals surface area contributed by atoms with E-state index in [9.17, 15) is 14.7 Å². The third-order valence-corrected chi connectivity index (χ3v) is 6.07. The van der Waals surface area contributed by atoms with Gasteiger partial charge in [-0.15, -0.1) is 0 Å². The summed E-state index contributed by atoms with van der Waals surface area (Å²) < 4.78 is 11.0. The fourth-order valence-electron chi connectivity index (χ4n) is 4.22. The zero-order valence-corrected chi connectivity index (χ0v) is 19.8. The Balaban J connectivity index is 1.26. The van der Waals surface area contributed by atoms with Gasteiger partial charge < -0.3 is 30.3 Å². The van der Waals surface area contributed by atoms with Crippen molar-refractivity contribution in [1.29, 1.82) is 0 Å². The third kappa shape index (κ3) is 6.26. The molecule has 9 nitrogen and oxygen atoms in total. The lowest BCUT2D eigenvalue weighted by molar-refractivity contribution is -0.126. The minimum Gasteiger partial charge on any atom is -0.394 e. The fourth-order valence-corrected chi connectivity index (χ4v) is 4.22. The summed E-state index contributed by atoms with van der Waals surface area (Å²) in [5.74, 6) is 0.346. The Bertz CT molecular complexity index is 1130. The zero-order chi connectivity index (χ0) is 24.8. The molecular weight excluding hydrogens is 448 g/mol. The molecule has 0 bridgehead atoms. The molecule has 2 heterocycles. The molecule has 2 aromatic carbocycles.